The van der Waals surface area contributed by atoms with Gasteiger partial charge in [0.05, 0.1) is 12.3 Å². The number of carbonyl (C=O) groups is 2. The molecule has 0 radical (unpaired) electrons. The average Bonchev–Trinajstić information content (AvgIpc) is 2.99. The molecule has 1 rings (SSSR count). The van der Waals surface area contributed by atoms with Gasteiger partial charge in [-0.25, -0.2) is 18.5 Å². The maximum Gasteiger partial charge on any atom is 0.331 e. The molecule has 0 N–H and O–H groups in total. The predicted molar refractivity (Wildman–Crippen MR) is 86.0 cm³/mol. The number of esters is 2. The van der Waals surface area contributed by atoms with E-state index in [9.17, 15) is 18.0 Å². The molecule has 10 heteroatoms. The topological polar surface area (TPSA) is 108 Å². The van der Waals surface area contributed by atoms with E-state index in [0.717, 1.165) is 20.4 Å². The Morgan fingerprint density at radius 1 is 1.25 bits per heavy atom. The number of carbonyl (C=O) groups excluding carboxylic acids is 2. The Kier molecular flexibility index (Phi) is 7.33. The quantitative estimate of drug-likeness (QED) is 0.483. The van der Waals surface area contributed by atoms with Crippen LogP contribution in [-0.2, 0) is 29.3 Å². The van der Waals surface area contributed by atoms with E-state index in [-0.39, 0.29) is 13.2 Å². The summed E-state index contributed by atoms with van der Waals surface area (Å²) < 4.78 is 35.2. The molecule has 1 heterocycles. The van der Waals surface area contributed by atoms with Gasteiger partial charge in [-0.1, -0.05) is 0 Å². The van der Waals surface area contributed by atoms with Crippen molar-refractivity contribution < 1.29 is 27.5 Å². The molecule has 24 heavy (non-hydrogen) atoms. The second-order valence-electron chi connectivity index (χ2n) is 4.54. The summed E-state index contributed by atoms with van der Waals surface area (Å²) in [5.74, 6) is -1.33. The van der Waals surface area contributed by atoms with Gasteiger partial charge in [-0.3, -0.25) is 0 Å². The molecule has 0 unspecified atom stereocenters. The van der Waals surface area contributed by atoms with E-state index in [2.05, 4.69) is 9.72 Å². The largest absolute Gasteiger partial charge is 0.463 e. The van der Waals surface area contributed by atoms with Crippen LogP contribution in [0.4, 0.5) is 0 Å². The third-order valence-corrected chi connectivity index (χ3v) is 4.22. The standard InChI is InChI=1S/C14H19N3O6S/c1-4-22-13(18)7-8-14(19)23-9-5-6-12-10-17(11-15-12)24(20,21)16(2)3/h5-8,10-11H,4,9H2,1-3H3/b6-5+,8-7+. The summed E-state index contributed by atoms with van der Waals surface area (Å²) >= 11 is 0. The highest BCUT2D eigenvalue weighted by Crippen LogP contribution is 2.05. The zero-order valence-corrected chi connectivity index (χ0v) is 14.4. The summed E-state index contributed by atoms with van der Waals surface area (Å²) in [7, 11) is -0.783. The molecular formula is C14H19N3O6S. The van der Waals surface area contributed by atoms with Crippen molar-refractivity contribution in [3.63, 3.8) is 0 Å². The van der Waals surface area contributed by atoms with Gasteiger partial charge in [-0.15, -0.1) is 0 Å². The van der Waals surface area contributed by atoms with E-state index in [0.29, 0.717) is 5.69 Å². The maximum atomic E-state index is 11.8. The van der Waals surface area contributed by atoms with Gasteiger partial charge in [-0.2, -0.15) is 12.7 Å². The van der Waals surface area contributed by atoms with Gasteiger partial charge < -0.3 is 9.47 Å². The highest BCUT2D eigenvalue weighted by Gasteiger charge is 2.15. The van der Waals surface area contributed by atoms with Crippen LogP contribution in [-0.4, -0.2) is 60.9 Å². The first-order chi connectivity index (χ1) is 11.3. The summed E-state index contributed by atoms with van der Waals surface area (Å²) in [6.07, 6.45) is 7.43. The Morgan fingerprint density at radius 3 is 2.46 bits per heavy atom. The minimum Gasteiger partial charge on any atom is -0.463 e. The van der Waals surface area contributed by atoms with Crippen molar-refractivity contribution in [2.75, 3.05) is 27.3 Å². The van der Waals surface area contributed by atoms with Crippen molar-refractivity contribution in [1.82, 2.24) is 13.3 Å². The first-order valence-electron chi connectivity index (χ1n) is 6.92. The van der Waals surface area contributed by atoms with Crippen LogP contribution < -0.4 is 0 Å². The van der Waals surface area contributed by atoms with Crippen LogP contribution in [0.2, 0.25) is 0 Å². The third-order valence-electron chi connectivity index (χ3n) is 2.56. The summed E-state index contributed by atoms with van der Waals surface area (Å²) in [6.45, 7) is 1.82. The van der Waals surface area contributed by atoms with Crippen LogP contribution in [0, 0.1) is 0 Å². The zero-order chi connectivity index (χ0) is 18.2. The highest BCUT2D eigenvalue weighted by molar-refractivity contribution is 7.87. The fourth-order valence-electron chi connectivity index (χ4n) is 1.40. The Hall–Kier alpha value is -2.46. The van der Waals surface area contributed by atoms with Gasteiger partial charge in [0.2, 0.25) is 0 Å². The average molecular weight is 357 g/mol. The van der Waals surface area contributed by atoms with Crippen molar-refractivity contribution in [3.05, 3.63) is 36.4 Å². The molecule has 0 aliphatic heterocycles. The van der Waals surface area contributed by atoms with E-state index >= 15 is 0 Å². The molecule has 1 aromatic rings. The molecular weight excluding hydrogens is 338 g/mol. The first-order valence-corrected chi connectivity index (χ1v) is 8.32. The zero-order valence-electron chi connectivity index (χ0n) is 13.6. The van der Waals surface area contributed by atoms with E-state index in [1.165, 1.54) is 38.8 Å². The van der Waals surface area contributed by atoms with Crippen molar-refractivity contribution in [1.29, 1.82) is 0 Å². The molecule has 0 bridgehead atoms. The van der Waals surface area contributed by atoms with E-state index in [1.54, 1.807) is 6.92 Å². The molecule has 0 amide bonds. The minimum absolute atomic E-state index is 0.0563. The number of ether oxygens (including phenoxy) is 2. The van der Waals surface area contributed by atoms with Crippen LogP contribution in [0.15, 0.2) is 30.8 Å². The fraction of sp³-hybridized carbons (Fsp3) is 0.357. The number of rotatable bonds is 8. The van der Waals surface area contributed by atoms with E-state index in [4.69, 9.17) is 4.74 Å². The van der Waals surface area contributed by atoms with Crippen LogP contribution >= 0.6 is 0 Å². The number of hydrogen-bond acceptors (Lipinski definition) is 7. The number of imidazole rings is 1. The van der Waals surface area contributed by atoms with Gasteiger partial charge in [0.25, 0.3) is 0 Å². The lowest BCUT2D eigenvalue weighted by molar-refractivity contribution is -0.139. The smallest absolute Gasteiger partial charge is 0.331 e. The normalized spacial score (nSPS) is 12.2. The van der Waals surface area contributed by atoms with Crippen molar-refractivity contribution in [3.8, 4) is 0 Å². The molecule has 0 aliphatic carbocycles. The Bertz CT molecular complexity index is 733. The molecule has 9 nitrogen and oxygen atoms in total. The molecule has 0 atom stereocenters. The molecule has 0 aliphatic rings. The monoisotopic (exact) mass is 357 g/mol. The fourth-order valence-corrected chi connectivity index (χ4v) is 2.18. The molecule has 0 fully saturated rings. The van der Waals surface area contributed by atoms with Gasteiger partial charge in [0.15, 0.2) is 0 Å². The van der Waals surface area contributed by atoms with Crippen LogP contribution in [0.1, 0.15) is 12.6 Å². The minimum atomic E-state index is -3.61. The number of aromatic nitrogens is 2. The van der Waals surface area contributed by atoms with E-state index < -0.39 is 22.1 Å². The Balaban J connectivity index is 2.50. The molecule has 132 valence electrons. The van der Waals surface area contributed by atoms with Gasteiger partial charge >= 0.3 is 22.1 Å². The number of nitrogens with zero attached hydrogens (tertiary/aromatic N) is 3. The molecule has 0 saturated heterocycles. The van der Waals surface area contributed by atoms with Crippen LogP contribution in [0.25, 0.3) is 6.08 Å². The first kappa shape index (κ1) is 19.6. The summed E-state index contributed by atoms with van der Waals surface area (Å²) in [5.41, 5.74) is 0.388. The van der Waals surface area contributed by atoms with E-state index in [1.807, 2.05) is 0 Å². The number of hydrogen-bond donors (Lipinski definition) is 0. The SMILES string of the molecule is CCOC(=O)/C=C/C(=O)OC/C=C/c1cn(S(=O)(=O)N(C)C)cn1. The Labute approximate surface area is 140 Å². The lowest BCUT2D eigenvalue weighted by Crippen LogP contribution is -2.27. The summed E-state index contributed by atoms with van der Waals surface area (Å²) in [4.78, 5) is 26.2. The van der Waals surface area contributed by atoms with Crippen LogP contribution in [0.5, 0.6) is 0 Å². The van der Waals surface area contributed by atoms with Crippen LogP contribution in [0.3, 0.4) is 0 Å². The van der Waals surface area contributed by atoms with Gasteiger partial charge in [0, 0.05) is 32.4 Å². The second kappa shape index (κ2) is 8.99. The van der Waals surface area contributed by atoms with Crippen molar-refractivity contribution >= 4 is 28.2 Å². The van der Waals surface area contributed by atoms with Crippen molar-refractivity contribution in [2.24, 2.45) is 0 Å². The second-order valence-corrected chi connectivity index (χ2v) is 6.58. The maximum absolute atomic E-state index is 11.8. The third kappa shape index (κ3) is 5.97. The predicted octanol–water partition coefficient (Wildman–Crippen LogP) is 0.213. The molecule has 0 spiro atoms. The lowest BCUT2D eigenvalue weighted by Gasteiger charge is -2.10. The van der Waals surface area contributed by atoms with Gasteiger partial charge in [0.1, 0.15) is 12.9 Å². The molecule has 1 aromatic heterocycles. The summed E-state index contributed by atoms with van der Waals surface area (Å²) in [5, 5.41) is 0. The van der Waals surface area contributed by atoms with Crippen molar-refractivity contribution in [2.45, 2.75) is 6.92 Å². The summed E-state index contributed by atoms with van der Waals surface area (Å²) in [6, 6.07) is 0. The van der Waals surface area contributed by atoms with Gasteiger partial charge in [-0.05, 0) is 19.1 Å². The highest BCUT2D eigenvalue weighted by atomic mass is 32.2. The molecule has 0 aromatic carbocycles. The molecule has 0 saturated carbocycles. The Morgan fingerprint density at radius 2 is 1.88 bits per heavy atom. The lowest BCUT2D eigenvalue weighted by atomic mass is 10.4.